The molecule has 0 saturated carbocycles. The number of benzene rings is 1. The van der Waals surface area contributed by atoms with Crippen LogP contribution in [0.2, 0.25) is 0 Å². The molecule has 2 aromatic rings. The summed E-state index contributed by atoms with van der Waals surface area (Å²) >= 11 is 0. The molecule has 0 aliphatic rings. The summed E-state index contributed by atoms with van der Waals surface area (Å²) in [5.41, 5.74) is 7.34. The number of hydrogen-bond donors (Lipinski definition) is 1. The topological polar surface area (TPSA) is 65.5 Å². The molecule has 1 aromatic heterocycles. The minimum absolute atomic E-state index is 0.134. The fourth-order valence-electron chi connectivity index (χ4n) is 2.04. The van der Waals surface area contributed by atoms with Gasteiger partial charge in [0.25, 0.3) is 0 Å². The Labute approximate surface area is 112 Å². The lowest BCUT2D eigenvalue weighted by Crippen LogP contribution is -2.07. The van der Waals surface area contributed by atoms with Crippen LogP contribution in [0.5, 0.6) is 5.75 Å². The molecule has 4 heteroatoms. The van der Waals surface area contributed by atoms with Crippen LogP contribution in [0.15, 0.2) is 28.7 Å². The molecule has 0 atom stereocenters. The largest absolute Gasteiger partial charge is 0.491 e. The lowest BCUT2D eigenvalue weighted by atomic mass is 10.0. The zero-order valence-corrected chi connectivity index (χ0v) is 11.3. The van der Waals surface area contributed by atoms with Gasteiger partial charge in [0, 0.05) is 0 Å². The first kappa shape index (κ1) is 13.2. The Morgan fingerprint density at radius 2 is 2.05 bits per heavy atom. The molecule has 0 aliphatic carbocycles. The summed E-state index contributed by atoms with van der Waals surface area (Å²) in [6.45, 7) is 5.89. The molecule has 2 rings (SSSR count). The van der Waals surface area contributed by atoms with Crippen molar-refractivity contribution < 1.29 is 13.9 Å². The van der Waals surface area contributed by atoms with Gasteiger partial charge in [-0.15, -0.1) is 0 Å². The van der Waals surface area contributed by atoms with Gasteiger partial charge in [-0.2, -0.15) is 0 Å². The molecule has 100 valence electrons. The zero-order valence-electron chi connectivity index (χ0n) is 11.3. The van der Waals surface area contributed by atoms with E-state index in [1.54, 1.807) is 31.2 Å². The van der Waals surface area contributed by atoms with Crippen molar-refractivity contribution in [2.45, 2.75) is 20.8 Å². The van der Waals surface area contributed by atoms with Crippen LogP contribution < -0.4 is 10.5 Å². The third kappa shape index (κ3) is 2.47. The summed E-state index contributed by atoms with van der Waals surface area (Å²) < 4.78 is 10.9. The molecule has 1 aromatic carbocycles. The minimum atomic E-state index is -0.134. The number of carbonyl (C=O) groups is 1. The summed E-state index contributed by atoms with van der Waals surface area (Å²) in [6, 6.07) is 6.91. The molecule has 0 unspecified atom stereocenters. The van der Waals surface area contributed by atoms with Crippen LogP contribution in [-0.2, 0) is 0 Å². The maximum atomic E-state index is 12.5. The Hall–Kier alpha value is -2.23. The van der Waals surface area contributed by atoms with Crippen LogP contribution in [0.4, 0.5) is 5.69 Å². The van der Waals surface area contributed by atoms with Gasteiger partial charge in [-0.25, -0.2) is 0 Å². The number of carbonyl (C=O) groups excluding carboxylic acids is 1. The van der Waals surface area contributed by atoms with Crippen LogP contribution in [0, 0.1) is 13.8 Å². The second kappa shape index (κ2) is 5.18. The van der Waals surface area contributed by atoms with Crippen LogP contribution in [-0.4, -0.2) is 12.4 Å². The SMILES string of the molecule is CCOc1c(N)cccc1C(=O)c1cc(C)oc1C. The summed E-state index contributed by atoms with van der Waals surface area (Å²) in [4.78, 5) is 12.5. The molecule has 4 nitrogen and oxygen atoms in total. The van der Waals surface area contributed by atoms with Gasteiger partial charge in [-0.05, 0) is 39.0 Å². The second-order valence-electron chi connectivity index (χ2n) is 4.31. The van der Waals surface area contributed by atoms with Crippen molar-refractivity contribution in [3.8, 4) is 5.75 Å². The first-order valence-electron chi connectivity index (χ1n) is 6.17. The first-order valence-corrected chi connectivity index (χ1v) is 6.17. The monoisotopic (exact) mass is 259 g/mol. The van der Waals surface area contributed by atoms with Gasteiger partial charge in [0.15, 0.2) is 11.5 Å². The van der Waals surface area contributed by atoms with Crippen molar-refractivity contribution >= 4 is 11.5 Å². The van der Waals surface area contributed by atoms with Crippen LogP contribution in [0.1, 0.15) is 34.4 Å². The van der Waals surface area contributed by atoms with Gasteiger partial charge in [-0.1, -0.05) is 6.07 Å². The lowest BCUT2D eigenvalue weighted by molar-refractivity contribution is 0.103. The Kier molecular flexibility index (Phi) is 3.60. The average molecular weight is 259 g/mol. The van der Waals surface area contributed by atoms with Gasteiger partial charge < -0.3 is 14.9 Å². The highest BCUT2D eigenvalue weighted by Gasteiger charge is 2.20. The van der Waals surface area contributed by atoms with E-state index in [1.807, 2.05) is 13.8 Å². The second-order valence-corrected chi connectivity index (χ2v) is 4.31. The first-order chi connectivity index (χ1) is 9.04. The standard InChI is InChI=1S/C15H17NO3/c1-4-18-15-11(6-5-7-13(15)16)14(17)12-8-9(2)19-10(12)3/h5-8H,4,16H2,1-3H3. The number of hydrogen-bond acceptors (Lipinski definition) is 4. The maximum Gasteiger partial charge on any atom is 0.200 e. The Morgan fingerprint density at radius 1 is 1.32 bits per heavy atom. The zero-order chi connectivity index (χ0) is 14.0. The van der Waals surface area contributed by atoms with Crippen molar-refractivity contribution in [3.63, 3.8) is 0 Å². The smallest absolute Gasteiger partial charge is 0.200 e. The minimum Gasteiger partial charge on any atom is -0.491 e. The molecule has 0 aliphatic heterocycles. The number of ether oxygens (including phenoxy) is 1. The molecule has 0 spiro atoms. The fraction of sp³-hybridized carbons (Fsp3) is 0.267. The quantitative estimate of drug-likeness (QED) is 0.676. The third-order valence-corrected chi connectivity index (χ3v) is 2.86. The molecule has 1 heterocycles. The Balaban J connectivity index is 2.50. The van der Waals surface area contributed by atoms with Gasteiger partial charge in [0.1, 0.15) is 11.5 Å². The summed E-state index contributed by atoms with van der Waals surface area (Å²) in [6.07, 6.45) is 0. The normalized spacial score (nSPS) is 10.5. The molecule has 0 radical (unpaired) electrons. The molecule has 0 fully saturated rings. The van der Waals surface area contributed by atoms with E-state index >= 15 is 0 Å². The van der Waals surface area contributed by atoms with Crippen molar-refractivity contribution in [2.24, 2.45) is 0 Å². The van der Waals surface area contributed by atoms with E-state index in [-0.39, 0.29) is 5.78 Å². The highest BCUT2D eigenvalue weighted by Crippen LogP contribution is 2.29. The molecular formula is C15H17NO3. The van der Waals surface area contributed by atoms with Crippen LogP contribution >= 0.6 is 0 Å². The number of ketones is 1. The van der Waals surface area contributed by atoms with Gasteiger partial charge in [-0.3, -0.25) is 4.79 Å². The van der Waals surface area contributed by atoms with Crippen molar-refractivity contribution in [3.05, 3.63) is 46.9 Å². The molecular weight excluding hydrogens is 242 g/mol. The van der Waals surface area contributed by atoms with Crippen LogP contribution in [0.25, 0.3) is 0 Å². The van der Waals surface area contributed by atoms with Crippen molar-refractivity contribution in [1.82, 2.24) is 0 Å². The maximum absolute atomic E-state index is 12.5. The van der Waals surface area contributed by atoms with E-state index in [0.717, 1.165) is 0 Å². The third-order valence-electron chi connectivity index (χ3n) is 2.86. The highest BCUT2D eigenvalue weighted by molar-refractivity contribution is 6.12. The predicted molar refractivity (Wildman–Crippen MR) is 73.6 cm³/mol. The van der Waals surface area contributed by atoms with E-state index in [0.29, 0.717) is 40.7 Å². The van der Waals surface area contributed by atoms with E-state index in [4.69, 9.17) is 14.9 Å². The van der Waals surface area contributed by atoms with E-state index in [1.165, 1.54) is 0 Å². The summed E-state index contributed by atoms with van der Waals surface area (Å²) in [5, 5.41) is 0. The number of nitrogen functional groups attached to an aromatic ring is 1. The van der Waals surface area contributed by atoms with E-state index in [2.05, 4.69) is 0 Å². The lowest BCUT2D eigenvalue weighted by Gasteiger charge is -2.11. The Bertz CT molecular complexity index is 614. The van der Waals surface area contributed by atoms with Crippen molar-refractivity contribution in [1.29, 1.82) is 0 Å². The average Bonchev–Trinajstić information content (AvgIpc) is 2.70. The van der Waals surface area contributed by atoms with Crippen molar-refractivity contribution in [2.75, 3.05) is 12.3 Å². The van der Waals surface area contributed by atoms with E-state index in [9.17, 15) is 4.79 Å². The Morgan fingerprint density at radius 3 is 2.63 bits per heavy atom. The number of furan rings is 1. The molecule has 0 amide bonds. The number of para-hydroxylation sites is 1. The summed E-state index contributed by atoms with van der Waals surface area (Å²) in [7, 11) is 0. The number of nitrogens with two attached hydrogens (primary N) is 1. The van der Waals surface area contributed by atoms with Gasteiger partial charge >= 0.3 is 0 Å². The van der Waals surface area contributed by atoms with Gasteiger partial charge in [0.05, 0.1) is 23.4 Å². The highest BCUT2D eigenvalue weighted by atomic mass is 16.5. The number of rotatable bonds is 4. The molecule has 0 saturated heterocycles. The molecule has 0 bridgehead atoms. The molecule has 2 N–H and O–H groups in total. The van der Waals surface area contributed by atoms with Crippen LogP contribution in [0.3, 0.4) is 0 Å². The summed E-state index contributed by atoms with van der Waals surface area (Å²) in [5.74, 6) is 1.62. The predicted octanol–water partition coefficient (Wildman–Crippen LogP) is 3.11. The van der Waals surface area contributed by atoms with E-state index < -0.39 is 0 Å². The van der Waals surface area contributed by atoms with Gasteiger partial charge in [0.2, 0.25) is 0 Å². The number of anilines is 1. The number of aryl methyl sites for hydroxylation is 2. The molecule has 19 heavy (non-hydrogen) atoms. The fourth-order valence-corrected chi connectivity index (χ4v) is 2.04.